The van der Waals surface area contributed by atoms with Crippen molar-refractivity contribution in [1.82, 2.24) is 0 Å². The second kappa shape index (κ2) is 6.85. The number of unbranched alkanes of at least 4 members (excludes halogenated alkanes) is 2. The van der Waals surface area contributed by atoms with E-state index in [2.05, 4.69) is 6.92 Å². The second-order valence-corrected chi connectivity index (χ2v) is 4.99. The first-order chi connectivity index (χ1) is 9.69. The molecule has 3 nitrogen and oxygen atoms in total. The summed E-state index contributed by atoms with van der Waals surface area (Å²) in [7, 11) is 0. The van der Waals surface area contributed by atoms with E-state index in [1.807, 2.05) is 42.5 Å². The minimum Gasteiger partial charge on any atom is -0.457 e. The molecule has 0 unspecified atom stereocenters. The normalized spacial score (nSPS) is 10.4. The lowest BCUT2D eigenvalue weighted by Crippen LogP contribution is -1.96. The molecule has 0 spiro atoms. The van der Waals surface area contributed by atoms with Crippen molar-refractivity contribution < 1.29 is 4.74 Å². The average molecular weight is 270 g/mol. The quantitative estimate of drug-likeness (QED) is 0.605. The molecule has 20 heavy (non-hydrogen) atoms. The number of rotatable bonds is 6. The van der Waals surface area contributed by atoms with Gasteiger partial charge in [0, 0.05) is 11.4 Å². The monoisotopic (exact) mass is 270 g/mol. The van der Waals surface area contributed by atoms with E-state index in [0.29, 0.717) is 0 Å². The summed E-state index contributed by atoms with van der Waals surface area (Å²) in [5, 5.41) is 0. The summed E-state index contributed by atoms with van der Waals surface area (Å²) in [6.07, 6.45) is 4.59. The molecule has 0 saturated heterocycles. The van der Waals surface area contributed by atoms with Crippen LogP contribution in [0.4, 0.5) is 11.4 Å². The summed E-state index contributed by atoms with van der Waals surface area (Å²) in [6, 6.07) is 13.2. The van der Waals surface area contributed by atoms with Crippen molar-refractivity contribution in [3.05, 3.63) is 48.0 Å². The Morgan fingerprint density at radius 2 is 1.60 bits per heavy atom. The predicted octanol–water partition coefficient (Wildman–Crippen LogP) is 4.38. The zero-order valence-corrected chi connectivity index (χ0v) is 11.9. The molecule has 0 aliphatic rings. The van der Waals surface area contributed by atoms with Gasteiger partial charge in [-0.05, 0) is 60.9 Å². The lowest BCUT2D eigenvalue weighted by Gasteiger charge is -2.10. The largest absolute Gasteiger partial charge is 0.457 e. The van der Waals surface area contributed by atoms with Crippen molar-refractivity contribution in [2.45, 2.75) is 32.6 Å². The molecule has 0 aliphatic carbocycles. The van der Waals surface area contributed by atoms with Crippen molar-refractivity contribution in [3.63, 3.8) is 0 Å². The molecule has 0 aromatic heterocycles. The maximum absolute atomic E-state index is 6.01. The van der Waals surface area contributed by atoms with E-state index in [9.17, 15) is 0 Å². The van der Waals surface area contributed by atoms with Crippen LogP contribution in [0, 0.1) is 0 Å². The Hall–Kier alpha value is -2.16. The molecule has 0 amide bonds. The zero-order valence-electron chi connectivity index (χ0n) is 11.9. The average Bonchev–Trinajstić information content (AvgIpc) is 2.45. The van der Waals surface area contributed by atoms with E-state index in [1.165, 1.54) is 12.8 Å². The lowest BCUT2D eigenvalue weighted by molar-refractivity contribution is 0.482. The molecule has 0 atom stereocenters. The summed E-state index contributed by atoms with van der Waals surface area (Å²) in [6.45, 7) is 2.20. The third kappa shape index (κ3) is 3.92. The molecular weight excluding hydrogens is 248 g/mol. The van der Waals surface area contributed by atoms with Crippen LogP contribution < -0.4 is 16.2 Å². The zero-order chi connectivity index (χ0) is 14.4. The van der Waals surface area contributed by atoms with Gasteiger partial charge in [0.05, 0.1) is 0 Å². The van der Waals surface area contributed by atoms with Crippen molar-refractivity contribution in [2.24, 2.45) is 0 Å². The fourth-order valence-electron chi connectivity index (χ4n) is 2.10. The van der Waals surface area contributed by atoms with Crippen molar-refractivity contribution >= 4 is 11.4 Å². The van der Waals surface area contributed by atoms with Gasteiger partial charge < -0.3 is 16.2 Å². The summed E-state index contributed by atoms with van der Waals surface area (Å²) >= 11 is 0. The summed E-state index contributed by atoms with van der Waals surface area (Å²) in [4.78, 5) is 0. The third-order valence-corrected chi connectivity index (χ3v) is 3.28. The first kappa shape index (κ1) is 14.3. The molecule has 0 saturated carbocycles. The highest BCUT2D eigenvalue weighted by Gasteiger charge is 2.03. The van der Waals surface area contributed by atoms with Crippen molar-refractivity contribution in [1.29, 1.82) is 0 Å². The van der Waals surface area contributed by atoms with Crippen LogP contribution in [0.3, 0.4) is 0 Å². The molecule has 0 heterocycles. The first-order valence-corrected chi connectivity index (χ1v) is 7.11. The number of anilines is 2. The van der Waals surface area contributed by atoms with Crippen LogP contribution in [0.2, 0.25) is 0 Å². The van der Waals surface area contributed by atoms with Gasteiger partial charge in [-0.25, -0.2) is 0 Å². The number of nitrogen functional groups attached to an aromatic ring is 2. The number of nitrogens with two attached hydrogens (primary N) is 2. The van der Waals surface area contributed by atoms with Crippen LogP contribution in [0.5, 0.6) is 11.5 Å². The fraction of sp³-hybridized carbons (Fsp3) is 0.294. The predicted molar refractivity (Wildman–Crippen MR) is 85.0 cm³/mol. The fourth-order valence-corrected chi connectivity index (χ4v) is 2.10. The van der Waals surface area contributed by atoms with E-state index in [0.717, 1.165) is 41.3 Å². The maximum Gasteiger partial charge on any atom is 0.127 e. The smallest absolute Gasteiger partial charge is 0.127 e. The van der Waals surface area contributed by atoms with Crippen LogP contribution in [-0.2, 0) is 6.42 Å². The number of aryl methyl sites for hydroxylation is 1. The molecule has 3 heteroatoms. The summed E-state index contributed by atoms with van der Waals surface area (Å²) in [5.74, 6) is 1.60. The van der Waals surface area contributed by atoms with Gasteiger partial charge in [-0.2, -0.15) is 0 Å². The number of hydrogen-bond acceptors (Lipinski definition) is 3. The number of ether oxygens (including phenoxy) is 1. The van der Waals surface area contributed by atoms with Gasteiger partial charge in [-0.15, -0.1) is 0 Å². The molecule has 4 N–H and O–H groups in total. The second-order valence-electron chi connectivity index (χ2n) is 4.99. The summed E-state index contributed by atoms with van der Waals surface area (Å²) in [5.41, 5.74) is 14.4. The molecule has 2 rings (SSSR count). The molecule has 0 fully saturated rings. The number of benzene rings is 2. The SMILES string of the molecule is CCCCCc1cc(Oc2ccc(N)cc2)ccc1N. The molecule has 106 valence electrons. The number of hydrogen-bond donors (Lipinski definition) is 2. The molecule has 2 aromatic carbocycles. The standard InChI is InChI=1S/C17H22N2O/c1-2-3-4-5-13-12-16(10-11-17(13)19)20-15-8-6-14(18)7-9-15/h6-12H,2-5,18-19H2,1H3. The van der Waals surface area contributed by atoms with Gasteiger partial charge in [0.1, 0.15) is 11.5 Å². The third-order valence-electron chi connectivity index (χ3n) is 3.28. The lowest BCUT2D eigenvalue weighted by atomic mass is 10.1. The Morgan fingerprint density at radius 3 is 2.30 bits per heavy atom. The van der Waals surface area contributed by atoms with Crippen molar-refractivity contribution in [3.8, 4) is 11.5 Å². The minimum absolute atomic E-state index is 0.731. The molecular formula is C17H22N2O. The highest BCUT2D eigenvalue weighted by atomic mass is 16.5. The molecule has 0 aliphatic heterocycles. The van der Waals surface area contributed by atoms with E-state index >= 15 is 0 Å². The Kier molecular flexibility index (Phi) is 4.88. The Labute approximate surface area is 120 Å². The molecule has 0 radical (unpaired) electrons. The van der Waals surface area contributed by atoms with Crippen LogP contribution in [-0.4, -0.2) is 0 Å². The van der Waals surface area contributed by atoms with E-state index in [-0.39, 0.29) is 0 Å². The van der Waals surface area contributed by atoms with Crippen LogP contribution in [0.1, 0.15) is 31.7 Å². The topological polar surface area (TPSA) is 61.3 Å². The summed E-state index contributed by atoms with van der Waals surface area (Å²) < 4.78 is 5.82. The van der Waals surface area contributed by atoms with Crippen LogP contribution in [0.15, 0.2) is 42.5 Å². The molecule has 0 bridgehead atoms. The highest BCUT2D eigenvalue weighted by Crippen LogP contribution is 2.26. The Balaban J connectivity index is 2.08. The minimum atomic E-state index is 0.731. The van der Waals surface area contributed by atoms with Gasteiger partial charge in [0.25, 0.3) is 0 Å². The van der Waals surface area contributed by atoms with Gasteiger partial charge in [-0.1, -0.05) is 19.8 Å². The van der Waals surface area contributed by atoms with E-state index in [1.54, 1.807) is 0 Å². The molecule has 2 aromatic rings. The first-order valence-electron chi connectivity index (χ1n) is 7.11. The van der Waals surface area contributed by atoms with Crippen molar-refractivity contribution in [2.75, 3.05) is 11.5 Å². The Morgan fingerprint density at radius 1 is 0.900 bits per heavy atom. The van der Waals surface area contributed by atoms with Gasteiger partial charge in [0.2, 0.25) is 0 Å². The van der Waals surface area contributed by atoms with Gasteiger partial charge in [-0.3, -0.25) is 0 Å². The Bertz CT molecular complexity index is 549. The van der Waals surface area contributed by atoms with E-state index < -0.39 is 0 Å². The maximum atomic E-state index is 6.01. The van der Waals surface area contributed by atoms with Crippen LogP contribution >= 0.6 is 0 Å². The van der Waals surface area contributed by atoms with Gasteiger partial charge >= 0.3 is 0 Å². The van der Waals surface area contributed by atoms with Crippen LogP contribution in [0.25, 0.3) is 0 Å². The van der Waals surface area contributed by atoms with E-state index in [4.69, 9.17) is 16.2 Å². The van der Waals surface area contributed by atoms with Gasteiger partial charge in [0.15, 0.2) is 0 Å². The highest BCUT2D eigenvalue weighted by molar-refractivity contribution is 5.51.